The molecule has 0 N–H and O–H groups in total. The second-order valence-corrected chi connectivity index (χ2v) is 6.99. The van der Waals surface area contributed by atoms with Crippen LogP contribution >= 0.6 is 11.6 Å². The van der Waals surface area contributed by atoms with Crippen LogP contribution in [0.4, 0.5) is 0 Å². The molecular formula is C24H17ClO6. The normalized spacial score (nSPS) is 10.7. The zero-order valence-corrected chi connectivity index (χ0v) is 17.4. The first-order chi connectivity index (χ1) is 15.0. The number of carbonyl (C=O) groups is 1. The van der Waals surface area contributed by atoms with Gasteiger partial charge >= 0.3 is 11.6 Å². The Morgan fingerprint density at radius 3 is 2.42 bits per heavy atom. The Kier molecular flexibility index (Phi) is 5.64. The first kappa shape index (κ1) is 20.5. The molecule has 0 unspecified atom stereocenters. The minimum Gasteiger partial charge on any atom is -0.493 e. The van der Waals surface area contributed by atoms with Gasteiger partial charge in [0, 0.05) is 11.5 Å². The first-order valence-corrected chi connectivity index (χ1v) is 9.65. The number of fused-ring (bicyclic) bond motifs is 1. The lowest BCUT2D eigenvalue weighted by Gasteiger charge is -2.10. The minimum absolute atomic E-state index is 0.236. The van der Waals surface area contributed by atoms with Crippen molar-refractivity contribution >= 4 is 28.5 Å². The van der Waals surface area contributed by atoms with Crippen LogP contribution in [0.1, 0.15) is 10.4 Å². The van der Waals surface area contributed by atoms with Gasteiger partial charge in [-0.3, -0.25) is 0 Å². The second kappa shape index (κ2) is 8.53. The largest absolute Gasteiger partial charge is 0.493 e. The highest BCUT2D eigenvalue weighted by Crippen LogP contribution is 2.32. The Labute approximate surface area is 182 Å². The van der Waals surface area contributed by atoms with Crippen molar-refractivity contribution in [3.8, 4) is 28.4 Å². The Hall–Kier alpha value is -3.77. The van der Waals surface area contributed by atoms with Gasteiger partial charge in [0.1, 0.15) is 11.3 Å². The van der Waals surface area contributed by atoms with E-state index in [1.165, 1.54) is 20.3 Å². The number of ether oxygens (including phenoxy) is 3. The highest BCUT2D eigenvalue weighted by atomic mass is 35.5. The van der Waals surface area contributed by atoms with Crippen LogP contribution in [0.3, 0.4) is 0 Å². The lowest BCUT2D eigenvalue weighted by atomic mass is 10.1. The van der Waals surface area contributed by atoms with E-state index in [0.29, 0.717) is 38.6 Å². The van der Waals surface area contributed by atoms with Crippen LogP contribution in [-0.2, 0) is 0 Å². The van der Waals surface area contributed by atoms with Crippen molar-refractivity contribution in [2.75, 3.05) is 14.2 Å². The fourth-order valence-corrected chi connectivity index (χ4v) is 3.36. The average molecular weight is 437 g/mol. The van der Waals surface area contributed by atoms with Gasteiger partial charge in [0.25, 0.3) is 0 Å². The SMILES string of the molecule is COc1ccc(-c2cc3ccc(OC(=O)c4ccccc4Cl)cc3oc2=O)cc1OC. The molecule has 1 heterocycles. The van der Waals surface area contributed by atoms with Gasteiger partial charge in [-0.05, 0) is 48.0 Å². The van der Waals surface area contributed by atoms with Gasteiger partial charge < -0.3 is 18.6 Å². The third-order valence-corrected chi connectivity index (χ3v) is 5.04. The summed E-state index contributed by atoms with van der Waals surface area (Å²) in [6, 6.07) is 18.3. The van der Waals surface area contributed by atoms with Gasteiger partial charge in [-0.25, -0.2) is 9.59 Å². The molecule has 0 saturated heterocycles. The van der Waals surface area contributed by atoms with E-state index in [-0.39, 0.29) is 11.3 Å². The highest BCUT2D eigenvalue weighted by molar-refractivity contribution is 6.33. The molecule has 7 heteroatoms. The lowest BCUT2D eigenvalue weighted by Crippen LogP contribution is -2.09. The van der Waals surface area contributed by atoms with Gasteiger partial charge in [0.15, 0.2) is 11.5 Å². The zero-order chi connectivity index (χ0) is 22.0. The van der Waals surface area contributed by atoms with Crippen molar-refractivity contribution < 1.29 is 23.4 Å². The molecule has 0 aliphatic rings. The maximum absolute atomic E-state index is 12.6. The Morgan fingerprint density at radius 2 is 1.68 bits per heavy atom. The second-order valence-electron chi connectivity index (χ2n) is 6.59. The number of halogens is 1. The number of rotatable bonds is 5. The van der Waals surface area contributed by atoms with Gasteiger partial charge in [-0.1, -0.05) is 29.8 Å². The summed E-state index contributed by atoms with van der Waals surface area (Å²) >= 11 is 6.04. The van der Waals surface area contributed by atoms with E-state index >= 15 is 0 Å². The topological polar surface area (TPSA) is 75.0 Å². The summed E-state index contributed by atoms with van der Waals surface area (Å²) in [5.74, 6) is 0.691. The molecule has 0 radical (unpaired) electrons. The fraction of sp³-hybridized carbons (Fsp3) is 0.0833. The predicted octanol–water partition coefficient (Wildman–Crippen LogP) is 5.35. The molecule has 0 spiro atoms. The molecule has 0 bridgehead atoms. The lowest BCUT2D eigenvalue weighted by molar-refractivity contribution is 0.0735. The van der Waals surface area contributed by atoms with Crippen LogP contribution in [-0.4, -0.2) is 20.2 Å². The quantitative estimate of drug-likeness (QED) is 0.238. The van der Waals surface area contributed by atoms with Crippen LogP contribution in [0, 0.1) is 0 Å². The van der Waals surface area contributed by atoms with Crippen molar-refractivity contribution in [2.45, 2.75) is 0 Å². The molecule has 4 aromatic rings. The summed E-state index contributed by atoms with van der Waals surface area (Å²) in [5, 5.41) is 0.960. The smallest absolute Gasteiger partial charge is 0.345 e. The number of hydrogen-bond acceptors (Lipinski definition) is 6. The van der Waals surface area contributed by atoms with Gasteiger partial charge in [-0.15, -0.1) is 0 Å². The molecule has 0 aliphatic heterocycles. The molecule has 0 fully saturated rings. The molecule has 1 aromatic heterocycles. The summed E-state index contributed by atoms with van der Waals surface area (Å²) in [6.45, 7) is 0. The molecule has 4 rings (SSSR count). The van der Waals surface area contributed by atoms with Crippen molar-refractivity contribution in [2.24, 2.45) is 0 Å². The third kappa shape index (κ3) is 4.11. The molecule has 31 heavy (non-hydrogen) atoms. The van der Waals surface area contributed by atoms with Gasteiger partial charge in [0.2, 0.25) is 0 Å². The summed E-state index contributed by atoms with van der Waals surface area (Å²) in [6.07, 6.45) is 0. The Morgan fingerprint density at radius 1 is 0.903 bits per heavy atom. The van der Waals surface area contributed by atoms with E-state index in [1.54, 1.807) is 60.7 Å². The van der Waals surface area contributed by atoms with Crippen molar-refractivity contribution in [3.05, 3.63) is 87.7 Å². The van der Waals surface area contributed by atoms with E-state index in [4.69, 9.17) is 30.2 Å². The highest BCUT2D eigenvalue weighted by Gasteiger charge is 2.15. The zero-order valence-electron chi connectivity index (χ0n) is 16.7. The molecule has 0 atom stereocenters. The maximum Gasteiger partial charge on any atom is 0.345 e. The number of hydrogen-bond donors (Lipinski definition) is 0. The summed E-state index contributed by atoms with van der Waals surface area (Å²) < 4.78 is 21.4. The minimum atomic E-state index is -0.603. The molecular weight excluding hydrogens is 420 g/mol. The van der Waals surface area contributed by atoms with Crippen molar-refractivity contribution in [1.82, 2.24) is 0 Å². The molecule has 3 aromatic carbocycles. The third-order valence-electron chi connectivity index (χ3n) is 4.71. The average Bonchev–Trinajstić information content (AvgIpc) is 2.78. The fourth-order valence-electron chi connectivity index (χ4n) is 3.15. The molecule has 6 nitrogen and oxygen atoms in total. The number of esters is 1. The predicted molar refractivity (Wildman–Crippen MR) is 117 cm³/mol. The van der Waals surface area contributed by atoms with E-state index < -0.39 is 11.6 Å². The number of carbonyl (C=O) groups excluding carboxylic acids is 1. The molecule has 156 valence electrons. The summed E-state index contributed by atoms with van der Waals surface area (Å²) in [7, 11) is 3.06. The van der Waals surface area contributed by atoms with Crippen molar-refractivity contribution in [1.29, 1.82) is 0 Å². The van der Waals surface area contributed by atoms with E-state index in [2.05, 4.69) is 0 Å². The first-order valence-electron chi connectivity index (χ1n) is 9.27. The van der Waals surface area contributed by atoms with Crippen LogP contribution < -0.4 is 19.8 Å². The summed E-state index contributed by atoms with van der Waals surface area (Å²) in [4.78, 5) is 25.0. The van der Waals surface area contributed by atoms with E-state index in [0.717, 1.165) is 0 Å². The van der Waals surface area contributed by atoms with Gasteiger partial charge in [0.05, 0.1) is 30.4 Å². The van der Waals surface area contributed by atoms with Crippen LogP contribution in [0.25, 0.3) is 22.1 Å². The molecule has 0 amide bonds. The standard InChI is InChI=1S/C24H17ClO6/c1-28-20-10-8-14(12-22(20)29-2)18-11-15-7-9-16(13-21(15)31-24(18)27)30-23(26)17-5-3-4-6-19(17)25/h3-13H,1-2H3. The van der Waals surface area contributed by atoms with E-state index in [9.17, 15) is 9.59 Å². The molecule has 0 saturated carbocycles. The monoisotopic (exact) mass is 436 g/mol. The van der Waals surface area contributed by atoms with Crippen molar-refractivity contribution in [3.63, 3.8) is 0 Å². The van der Waals surface area contributed by atoms with E-state index in [1.807, 2.05) is 0 Å². The maximum atomic E-state index is 12.6. The Balaban J connectivity index is 1.68. The van der Waals surface area contributed by atoms with Crippen LogP contribution in [0.5, 0.6) is 17.2 Å². The number of benzene rings is 3. The number of methoxy groups -OCH3 is 2. The van der Waals surface area contributed by atoms with Gasteiger partial charge in [-0.2, -0.15) is 0 Å². The summed E-state index contributed by atoms with van der Waals surface area (Å²) in [5.41, 5.74) is 0.999. The van der Waals surface area contributed by atoms with Crippen LogP contribution in [0.15, 0.2) is 75.9 Å². The molecule has 0 aliphatic carbocycles. The van der Waals surface area contributed by atoms with Crippen LogP contribution in [0.2, 0.25) is 5.02 Å². The Bertz CT molecular complexity index is 1340.